The summed E-state index contributed by atoms with van der Waals surface area (Å²) < 4.78 is 1.20. The Balaban J connectivity index is 2.40. The second-order valence-electron chi connectivity index (χ2n) is 5.05. The van der Waals surface area contributed by atoms with Crippen molar-refractivity contribution >= 4 is 38.9 Å². The number of benzene rings is 1. The van der Waals surface area contributed by atoms with Gasteiger partial charge in [0, 0.05) is 9.90 Å². The zero-order chi connectivity index (χ0) is 14.7. The topological polar surface area (TPSA) is 12.0 Å². The Bertz CT molecular complexity index is 554. The number of hydrogen-bond acceptors (Lipinski definition) is 2. The van der Waals surface area contributed by atoms with Crippen LogP contribution in [0.3, 0.4) is 0 Å². The lowest BCUT2D eigenvalue weighted by molar-refractivity contribution is 0.605. The average molecular weight is 373 g/mol. The Morgan fingerprint density at radius 3 is 2.55 bits per heavy atom. The molecule has 1 nitrogen and oxygen atoms in total. The number of rotatable bonds is 5. The minimum Gasteiger partial charge on any atom is -0.306 e. The summed E-state index contributed by atoms with van der Waals surface area (Å²) in [6, 6.07) is 8.73. The van der Waals surface area contributed by atoms with E-state index in [1.807, 2.05) is 6.07 Å². The van der Waals surface area contributed by atoms with E-state index in [4.69, 9.17) is 11.6 Å². The smallest absolute Gasteiger partial charge is 0.0731 e. The third-order valence-corrected chi connectivity index (χ3v) is 5.58. The maximum absolute atomic E-state index is 6.22. The highest BCUT2D eigenvalue weighted by Crippen LogP contribution is 2.35. The monoisotopic (exact) mass is 371 g/mol. The highest BCUT2D eigenvalue weighted by Gasteiger charge is 2.17. The SMILES string of the molecule is CCCNC(c1cc(C)cc(Cl)c1)c1cc(C)c(Br)s1. The lowest BCUT2D eigenvalue weighted by Gasteiger charge is -2.18. The molecule has 108 valence electrons. The predicted octanol–water partition coefficient (Wildman–Crippen LogP) is 5.87. The Morgan fingerprint density at radius 2 is 2.00 bits per heavy atom. The number of thiophene rings is 1. The molecule has 0 aliphatic rings. The van der Waals surface area contributed by atoms with Gasteiger partial charge in [-0.1, -0.05) is 24.6 Å². The van der Waals surface area contributed by atoms with Crippen molar-refractivity contribution in [1.82, 2.24) is 5.32 Å². The van der Waals surface area contributed by atoms with Crippen LogP contribution in [0.25, 0.3) is 0 Å². The molecule has 20 heavy (non-hydrogen) atoms. The molecule has 1 heterocycles. The maximum Gasteiger partial charge on any atom is 0.0731 e. The summed E-state index contributed by atoms with van der Waals surface area (Å²) in [5.41, 5.74) is 3.72. The van der Waals surface area contributed by atoms with Crippen molar-refractivity contribution in [1.29, 1.82) is 0 Å². The molecule has 0 bridgehead atoms. The Morgan fingerprint density at radius 1 is 1.25 bits per heavy atom. The largest absolute Gasteiger partial charge is 0.306 e. The van der Waals surface area contributed by atoms with E-state index in [1.54, 1.807) is 11.3 Å². The second-order valence-corrected chi connectivity index (χ2v) is 7.89. The Hall–Kier alpha value is -0.350. The Kier molecular flexibility index (Phi) is 5.67. The van der Waals surface area contributed by atoms with Gasteiger partial charge in [-0.2, -0.15) is 0 Å². The molecule has 0 aliphatic carbocycles. The second kappa shape index (κ2) is 7.08. The van der Waals surface area contributed by atoms with Crippen LogP contribution in [-0.4, -0.2) is 6.54 Å². The summed E-state index contributed by atoms with van der Waals surface area (Å²) in [6.07, 6.45) is 1.11. The van der Waals surface area contributed by atoms with Crippen molar-refractivity contribution in [2.45, 2.75) is 33.2 Å². The van der Waals surface area contributed by atoms with Crippen LogP contribution >= 0.6 is 38.9 Å². The van der Waals surface area contributed by atoms with Gasteiger partial charge >= 0.3 is 0 Å². The number of nitrogens with one attached hydrogen (secondary N) is 1. The third-order valence-electron chi connectivity index (χ3n) is 3.16. The van der Waals surface area contributed by atoms with E-state index < -0.39 is 0 Å². The molecule has 0 spiro atoms. The minimum absolute atomic E-state index is 0.211. The molecule has 1 N–H and O–H groups in total. The molecule has 4 heteroatoms. The zero-order valence-electron chi connectivity index (χ0n) is 12.0. The summed E-state index contributed by atoms with van der Waals surface area (Å²) in [6.45, 7) is 7.39. The number of hydrogen-bond donors (Lipinski definition) is 1. The first-order chi connectivity index (χ1) is 9.51. The predicted molar refractivity (Wildman–Crippen MR) is 93.1 cm³/mol. The quantitative estimate of drug-likeness (QED) is 0.692. The minimum atomic E-state index is 0.211. The summed E-state index contributed by atoms with van der Waals surface area (Å²) in [4.78, 5) is 1.32. The standard InChI is InChI=1S/C16H19BrClNS/c1-4-5-19-15(14-8-11(3)16(17)20-14)12-6-10(2)7-13(18)9-12/h6-9,15,19H,4-5H2,1-3H3. The van der Waals surface area contributed by atoms with Gasteiger partial charge in [-0.15, -0.1) is 11.3 Å². The van der Waals surface area contributed by atoms with Gasteiger partial charge in [0.2, 0.25) is 0 Å². The first kappa shape index (κ1) is 16.0. The van der Waals surface area contributed by atoms with Gasteiger partial charge in [0.05, 0.1) is 9.83 Å². The highest BCUT2D eigenvalue weighted by molar-refractivity contribution is 9.11. The van der Waals surface area contributed by atoms with Gasteiger partial charge in [-0.3, -0.25) is 0 Å². The lowest BCUT2D eigenvalue weighted by atomic mass is 10.0. The summed E-state index contributed by atoms with van der Waals surface area (Å²) in [5, 5.41) is 4.43. The van der Waals surface area contributed by atoms with E-state index in [0.717, 1.165) is 18.0 Å². The first-order valence-corrected chi connectivity index (χ1v) is 8.76. The van der Waals surface area contributed by atoms with Crippen LogP contribution in [0.2, 0.25) is 5.02 Å². The molecule has 2 aromatic rings. The molecule has 1 unspecified atom stereocenters. The molecule has 0 fully saturated rings. The first-order valence-electron chi connectivity index (χ1n) is 6.77. The lowest BCUT2D eigenvalue weighted by Crippen LogP contribution is -2.22. The van der Waals surface area contributed by atoms with E-state index in [-0.39, 0.29) is 6.04 Å². The van der Waals surface area contributed by atoms with Gasteiger partial charge in [0.1, 0.15) is 0 Å². The molecule has 0 saturated carbocycles. The molecule has 0 aliphatic heterocycles. The molecular formula is C16H19BrClNS. The highest BCUT2D eigenvalue weighted by atomic mass is 79.9. The fourth-order valence-corrected chi connectivity index (χ4v) is 4.20. The molecule has 0 saturated heterocycles. The van der Waals surface area contributed by atoms with Crippen molar-refractivity contribution in [2.75, 3.05) is 6.54 Å². The molecule has 0 radical (unpaired) electrons. The molecular weight excluding hydrogens is 354 g/mol. The van der Waals surface area contributed by atoms with Gasteiger partial charge in [0.25, 0.3) is 0 Å². The average Bonchev–Trinajstić information content (AvgIpc) is 2.69. The summed E-state index contributed by atoms with van der Waals surface area (Å²) in [7, 11) is 0. The van der Waals surface area contributed by atoms with Crippen LogP contribution in [-0.2, 0) is 0 Å². The van der Waals surface area contributed by atoms with Gasteiger partial charge in [0.15, 0.2) is 0 Å². The molecule has 1 atom stereocenters. The fraction of sp³-hybridized carbons (Fsp3) is 0.375. The van der Waals surface area contributed by atoms with Crippen molar-refractivity contribution in [3.8, 4) is 0 Å². The van der Waals surface area contributed by atoms with Crippen LogP contribution in [0.4, 0.5) is 0 Å². The van der Waals surface area contributed by atoms with E-state index in [9.17, 15) is 0 Å². The van der Waals surface area contributed by atoms with Crippen LogP contribution in [0.5, 0.6) is 0 Å². The van der Waals surface area contributed by atoms with E-state index >= 15 is 0 Å². The third kappa shape index (κ3) is 3.85. The zero-order valence-corrected chi connectivity index (χ0v) is 15.1. The number of halogens is 2. The van der Waals surface area contributed by atoms with Crippen LogP contribution < -0.4 is 5.32 Å². The van der Waals surface area contributed by atoms with Gasteiger partial charge < -0.3 is 5.32 Å². The summed E-state index contributed by atoms with van der Waals surface area (Å²) >= 11 is 11.6. The molecule has 2 rings (SSSR count). The molecule has 0 amide bonds. The molecule has 1 aromatic heterocycles. The Labute approximate surface area is 138 Å². The van der Waals surface area contributed by atoms with E-state index in [0.29, 0.717) is 0 Å². The van der Waals surface area contributed by atoms with Crippen LogP contribution in [0.1, 0.15) is 41.0 Å². The van der Waals surface area contributed by atoms with E-state index in [1.165, 1.54) is 25.4 Å². The summed E-state index contributed by atoms with van der Waals surface area (Å²) in [5.74, 6) is 0. The fourth-order valence-electron chi connectivity index (χ4n) is 2.23. The maximum atomic E-state index is 6.22. The van der Waals surface area contributed by atoms with E-state index in [2.05, 4.69) is 60.2 Å². The molecule has 1 aromatic carbocycles. The van der Waals surface area contributed by atoms with Crippen molar-refractivity contribution < 1.29 is 0 Å². The van der Waals surface area contributed by atoms with Crippen molar-refractivity contribution in [3.05, 3.63) is 54.6 Å². The van der Waals surface area contributed by atoms with Crippen LogP contribution in [0, 0.1) is 13.8 Å². The van der Waals surface area contributed by atoms with Gasteiger partial charge in [-0.25, -0.2) is 0 Å². The van der Waals surface area contributed by atoms with Gasteiger partial charge in [-0.05, 0) is 77.6 Å². The normalized spacial score (nSPS) is 12.7. The van der Waals surface area contributed by atoms with Crippen molar-refractivity contribution in [3.63, 3.8) is 0 Å². The van der Waals surface area contributed by atoms with Crippen LogP contribution in [0.15, 0.2) is 28.1 Å². The number of aryl methyl sites for hydroxylation is 2. The van der Waals surface area contributed by atoms with Crippen molar-refractivity contribution in [2.24, 2.45) is 0 Å².